The van der Waals surface area contributed by atoms with E-state index < -0.39 is 16.6 Å². The summed E-state index contributed by atoms with van der Waals surface area (Å²) >= 11 is 1.25. The van der Waals surface area contributed by atoms with Gasteiger partial charge in [0.1, 0.15) is 12.3 Å². The fraction of sp³-hybridized carbons (Fsp3) is 0.688. The maximum absolute atomic E-state index is 11.7. The van der Waals surface area contributed by atoms with E-state index in [9.17, 15) is 14.4 Å². The highest BCUT2D eigenvalue weighted by atomic mass is 32.2. The molecule has 1 aliphatic heterocycles. The fourth-order valence-electron chi connectivity index (χ4n) is 2.26. The van der Waals surface area contributed by atoms with E-state index in [0.717, 1.165) is 25.7 Å². The molecule has 6 nitrogen and oxygen atoms in total. The van der Waals surface area contributed by atoms with E-state index in [1.807, 2.05) is 6.92 Å². The quantitative estimate of drug-likeness (QED) is 0.484. The SMILES string of the molecule is CCCCCC[C@@]1(C)SC(=O)C=C1OCC(=O)NCC(=O)OC. The molecule has 0 saturated carbocycles. The lowest BCUT2D eigenvalue weighted by Gasteiger charge is -2.25. The van der Waals surface area contributed by atoms with Crippen molar-refractivity contribution in [2.75, 3.05) is 20.3 Å². The molecule has 0 saturated heterocycles. The fourth-order valence-corrected chi connectivity index (χ4v) is 3.33. The Hall–Kier alpha value is -1.50. The molecule has 0 aromatic carbocycles. The summed E-state index contributed by atoms with van der Waals surface area (Å²) in [6, 6.07) is 0. The number of nitrogens with one attached hydrogen (secondary N) is 1. The van der Waals surface area contributed by atoms with Gasteiger partial charge in [-0.15, -0.1) is 0 Å². The van der Waals surface area contributed by atoms with Crippen molar-refractivity contribution in [3.8, 4) is 0 Å². The van der Waals surface area contributed by atoms with Crippen molar-refractivity contribution in [1.29, 1.82) is 0 Å². The Balaban J connectivity index is 2.45. The Morgan fingerprint density at radius 1 is 1.30 bits per heavy atom. The number of ether oxygens (including phenoxy) is 2. The molecule has 1 aliphatic rings. The Morgan fingerprint density at radius 2 is 2.04 bits per heavy atom. The minimum absolute atomic E-state index is 0.0482. The molecule has 1 heterocycles. The maximum atomic E-state index is 11.7. The number of hydrogen-bond acceptors (Lipinski definition) is 6. The van der Waals surface area contributed by atoms with Crippen molar-refractivity contribution < 1.29 is 23.9 Å². The van der Waals surface area contributed by atoms with Gasteiger partial charge >= 0.3 is 5.97 Å². The standard InChI is InChI=1S/C16H25NO5S/c1-4-5-6-7-8-16(2)12(9-15(20)23-16)22-11-13(18)17-10-14(19)21-3/h9H,4-8,10-11H2,1-3H3,(H,17,18)/t16-/m1/s1. The summed E-state index contributed by atoms with van der Waals surface area (Å²) in [7, 11) is 1.25. The summed E-state index contributed by atoms with van der Waals surface area (Å²) in [5.74, 6) is -0.406. The highest BCUT2D eigenvalue weighted by Gasteiger charge is 2.39. The number of carbonyl (C=O) groups is 3. The molecule has 1 amide bonds. The van der Waals surface area contributed by atoms with E-state index in [0.29, 0.717) is 5.76 Å². The molecule has 1 N–H and O–H groups in total. The van der Waals surface area contributed by atoms with Crippen LogP contribution in [-0.4, -0.2) is 42.0 Å². The maximum Gasteiger partial charge on any atom is 0.325 e. The molecule has 1 atom stereocenters. The van der Waals surface area contributed by atoms with E-state index in [4.69, 9.17) is 4.74 Å². The molecule has 0 aromatic heterocycles. The highest BCUT2D eigenvalue weighted by Crippen LogP contribution is 2.43. The van der Waals surface area contributed by atoms with E-state index in [1.165, 1.54) is 31.4 Å². The first-order valence-electron chi connectivity index (χ1n) is 7.82. The van der Waals surface area contributed by atoms with Crippen LogP contribution >= 0.6 is 11.8 Å². The van der Waals surface area contributed by atoms with Crippen molar-refractivity contribution in [1.82, 2.24) is 5.32 Å². The van der Waals surface area contributed by atoms with E-state index in [1.54, 1.807) is 0 Å². The molecular formula is C16H25NO5S. The third-order valence-corrected chi connectivity index (χ3v) is 4.79. The minimum atomic E-state index is -0.523. The zero-order valence-corrected chi connectivity index (χ0v) is 14.8. The van der Waals surface area contributed by atoms with Gasteiger partial charge in [-0.05, 0) is 13.3 Å². The van der Waals surface area contributed by atoms with Gasteiger partial charge in [-0.2, -0.15) is 0 Å². The number of methoxy groups -OCH3 is 1. The third kappa shape index (κ3) is 6.64. The second-order valence-corrected chi connectivity index (χ2v) is 7.12. The molecule has 0 bridgehead atoms. The van der Waals surface area contributed by atoms with Crippen molar-refractivity contribution in [3.05, 3.63) is 11.8 Å². The van der Waals surface area contributed by atoms with E-state index in [2.05, 4.69) is 17.0 Å². The van der Waals surface area contributed by atoms with Crippen molar-refractivity contribution in [2.45, 2.75) is 50.7 Å². The van der Waals surface area contributed by atoms with Gasteiger partial charge in [-0.25, -0.2) is 0 Å². The summed E-state index contributed by atoms with van der Waals surface area (Å²) in [5.41, 5.74) is 0. The zero-order chi connectivity index (χ0) is 17.3. The average molecular weight is 343 g/mol. The van der Waals surface area contributed by atoms with Crippen LogP contribution in [0.5, 0.6) is 0 Å². The molecule has 0 aromatic rings. The van der Waals surface area contributed by atoms with Gasteiger partial charge in [0.05, 0.1) is 11.9 Å². The third-order valence-electron chi connectivity index (χ3n) is 3.62. The predicted molar refractivity (Wildman–Crippen MR) is 88.8 cm³/mol. The summed E-state index contributed by atoms with van der Waals surface area (Å²) < 4.78 is 9.56. The molecule has 0 spiro atoms. The van der Waals surface area contributed by atoms with Gasteiger partial charge in [-0.1, -0.05) is 44.4 Å². The van der Waals surface area contributed by atoms with Crippen molar-refractivity contribution in [2.24, 2.45) is 0 Å². The Bertz CT molecular complexity index is 477. The summed E-state index contributed by atoms with van der Waals surface area (Å²) in [6.45, 7) is 3.70. The van der Waals surface area contributed by atoms with Crippen LogP contribution in [0.4, 0.5) is 0 Å². The van der Waals surface area contributed by atoms with Crippen molar-refractivity contribution in [3.63, 3.8) is 0 Å². The molecule has 0 aliphatic carbocycles. The number of amides is 1. The van der Waals surface area contributed by atoms with Crippen LogP contribution in [0.2, 0.25) is 0 Å². The molecule has 0 fully saturated rings. The highest BCUT2D eigenvalue weighted by molar-refractivity contribution is 8.15. The lowest BCUT2D eigenvalue weighted by molar-refractivity contribution is -0.141. The van der Waals surface area contributed by atoms with Crippen LogP contribution in [0.25, 0.3) is 0 Å². The van der Waals surface area contributed by atoms with Gasteiger partial charge < -0.3 is 14.8 Å². The predicted octanol–water partition coefficient (Wildman–Crippen LogP) is 2.18. The molecule has 0 unspecified atom stereocenters. The normalized spacial score (nSPS) is 20.1. The number of esters is 1. The summed E-state index contributed by atoms with van der Waals surface area (Å²) in [6.07, 6.45) is 6.75. The number of rotatable bonds is 10. The summed E-state index contributed by atoms with van der Waals surface area (Å²) in [4.78, 5) is 34.3. The van der Waals surface area contributed by atoms with Crippen LogP contribution in [-0.2, 0) is 23.9 Å². The van der Waals surface area contributed by atoms with Crippen LogP contribution in [0.1, 0.15) is 46.0 Å². The van der Waals surface area contributed by atoms with Gasteiger partial charge in [-0.3, -0.25) is 14.4 Å². The van der Waals surface area contributed by atoms with Crippen molar-refractivity contribution >= 4 is 28.8 Å². The van der Waals surface area contributed by atoms with Crippen LogP contribution in [0.15, 0.2) is 11.8 Å². The largest absolute Gasteiger partial charge is 0.486 e. The van der Waals surface area contributed by atoms with Gasteiger partial charge in [0.15, 0.2) is 6.61 Å². The second kappa shape index (κ2) is 9.60. The summed E-state index contributed by atoms with van der Waals surface area (Å²) in [5, 5.41) is 2.35. The molecule has 0 radical (unpaired) electrons. The molecular weight excluding hydrogens is 318 g/mol. The van der Waals surface area contributed by atoms with Crippen LogP contribution < -0.4 is 5.32 Å². The lowest BCUT2D eigenvalue weighted by Crippen LogP contribution is -2.34. The Kier molecular flexibility index (Phi) is 8.16. The number of thioether (sulfide) groups is 1. The van der Waals surface area contributed by atoms with Gasteiger partial charge in [0.2, 0.25) is 5.12 Å². The first-order chi connectivity index (χ1) is 10.9. The second-order valence-electron chi connectivity index (χ2n) is 5.61. The Morgan fingerprint density at radius 3 is 2.70 bits per heavy atom. The monoisotopic (exact) mass is 343 g/mol. The lowest BCUT2D eigenvalue weighted by atomic mass is 9.99. The van der Waals surface area contributed by atoms with Gasteiger partial charge in [0, 0.05) is 6.08 Å². The smallest absolute Gasteiger partial charge is 0.325 e. The minimum Gasteiger partial charge on any atom is -0.486 e. The molecule has 130 valence electrons. The molecule has 1 rings (SSSR count). The topological polar surface area (TPSA) is 81.7 Å². The molecule has 7 heteroatoms. The van der Waals surface area contributed by atoms with Crippen LogP contribution in [0.3, 0.4) is 0 Å². The Labute approximate surface area is 141 Å². The number of carbonyl (C=O) groups excluding carboxylic acids is 3. The van der Waals surface area contributed by atoms with E-state index in [-0.39, 0.29) is 18.3 Å². The van der Waals surface area contributed by atoms with Crippen LogP contribution in [0, 0.1) is 0 Å². The molecule has 23 heavy (non-hydrogen) atoms. The first-order valence-corrected chi connectivity index (χ1v) is 8.64. The number of unbranched alkanes of at least 4 members (excludes halogenated alkanes) is 3. The zero-order valence-electron chi connectivity index (χ0n) is 14.0. The first kappa shape index (κ1) is 19.5. The number of hydrogen-bond donors (Lipinski definition) is 1. The average Bonchev–Trinajstić information content (AvgIpc) is 2.81. The van der Waals surface area contributed by atoms with Gasteiger partial charge in [0.25, 0.3) is 5.91 Å². The van der Waals surface area contributed by atoms with E-state index >= 15 is 0 Å².